The van der Waals surface area contributed by atoms with E-state index in [-0.39, 0.29) is 0 Å². The Morgan fingerprint density at radius 3 is 1.84 bits per heavy atom. The third kappa shape index (κ3) is 2.84. The van der Waals surface area contributed by atoms with Crippen molar-refractivity contribution >= 4 is 5.97 Å². The first kappa shape index (κ1) is 15.0. The van der Waals surface area contributed by atoms with Gasteiger partial charge in [-0.05, 0) is 13.8 Å². The van der Waals surface area contributed by atoms with Crippen LogP contribution < -0.4 is 0 Å². The Balaban J connectivity index is 3.27. The Labute approximate surface area is 105 Å². The van der Waals surface area contributed by atoms with Crippen LogP contribution in [-0.4, -0.2) is 12.1 Å². The minimum Gasteiger partial charge on any atom is -0.446 e. The van der Waals surface area contributed by atoms with Crippen molar-refractivity contribution in [3.05, 3.63) is 34.6 Å². The molecule has 0 saturated heterocycles. The molecule has 0 fully saturated rings. The molecular weight excluding hydrogens is 271 g/mol. The molecule has 0 saturated carbocycles. The molecule has 0 aliphatic carbocycles. The predicted molar refractivity (Wildman–Crippen MR) is 54.6 cm³/mol. The SMILES string of the molecule is CC#CC(C)OC(=O)c1c(F)c(F)c(F)c(F)c1F. The van der Waals surface area contributed by atoms with E-state index in [0.29, 0.717) is 0 Å². The highest BCUT2D eigenvalue weighted by Crippen LogP contribution is 2.23. The Morgan fingerprint density at radius 1 is 1.00 bits per heavy atom. The maximum Gasteiger partial charge on any atom is 0.345 e. The molecule has 19 heavy (non-hydrogen) atoms. The lowest BCUT2D eigenvalue weighted by Crippen LogP contribution is -2.19. The summed E-state index contributed by atoms with van der Waals surface area (Å²) in [6, 6.07) is 0. The predicted octanol–water partition coefficient (Wildman–Crippen LogP) is 2.95. The average Bonchev–Trinajstić information content (AvgIpc) is 2.34. The first-order chi connectivity index (χ1) is 8.81. The molecule has 0 amide bonds. The van der Waals surface area contributed by atoms with Gasteiger partial charge in [0.25, 0.3) is 0 Å². The fourth-order valence-electron chi connectivity index (χ4n) is 1.24. The molecule has 1 unspecified atom stereocenters. The van der Waals surface area contributed by atoms with Crippen LogP contribution in [0.15, 0.2) is 0 Å². The second-order valence-electron chi connectivity index (χ2n) is 3.39. The van der Waals surface area contributed by atoms with Gasteiger partial charge in [-0.15, -0.1) is 5.92 Å². The summed E-state index contributed by atoms with van der Waals surface area (Å²) in [6.45, 7) is 2.70. The maximum atomic E-state index is 13.2. The van der Waals surface area contributed by atoms with Gasteiger partial charge in [-0.3, -0.25) is 0 Å². The third-order valence-corrected chi connectivity index (χ3v) is 2.05. The van der Waals surface area contributed by atoms with E-state index >= 15 is 0 Å². The van der Waals surface area contributed by atoms with Crippen LogP contribution in [0, 0.1) is 40.9 Å². The number of rotatable bonds is 2. The van der Waals surface area contributed by atoms with Crippen LogP contribution in [0.3, 0.4) is 0 Å². The van der Waals surface area contributed by atoms with E-state index < -0.39 is 46.7 Å². The molecule has 0 spiro atoms. The summed E-state index contributed by atoms with van der Waals surface area (Å²) in [6.07, 6.45) is -1.05. The molecule has 7 heteroatoms. The summed E-state index contributed by atoms with van der Waals surface area (Å²) >= 11 is 0. The first-order valence-corrected chi connectivity index (χ1v) is 4.95. The van der Waals surface area contributed by atoms with E-state index in [9.17, 15) is 26.7 Å². The minimum absolute atomic E-state index is 1.05. The summed E-state index contributed by atoms with van der Waals surface area (Å²) in [5.74, 6) is -8.22. The average molecular weight is 278 g/mol. The topological polar surface area (TPSA) is 26.3 Å². The molecule has 0 aromatic heterocycles. The number of halogens is 5. The fraction of sp³-hybridized carbons (Fsp3) is 0.250. The summed E-state index contributed by atoms with van der Waals surface area (Å²) in [4.78, 5) is 11.4. The molecule has 0 bridgehead atoms. The largest absolute Gasteiger partial charge is 0.446 e. The van der Waals surface area contributed by atoms with E-state index in [1.165, 1.54) is 13.8 Å². The Morgan fingerprint density at radius 2 is 1.42 bits per heavy atom. The summed E-state index contributed by atoms with van der Waals surface area (Å²) in [5.41, 5.74) is -1.64. The van der Waals surface area contributed by atoms with Crippen molar-refractivity contribution in [2.75, 3.05) is 0 Å². The van der Waals surface area contributed by atoms with E-state index in [1.807, 2.05) is 0 Å². The second kappa shape index (κ2) is 5.69. The Kier molecular flexibility index (Phi) is 4.48. The van der Waals surface area contributed by atoms with Gasteiger partial charge in [-0.1, -0.05) is 5.92 Å². The van der Waals surface area contributed by atoms with Crippen molar-refractivity contribution in [2.45, 2.75) is 20.0 Å². The van der Waals surface area contributed by atoms with Gasteiger partial charge in [0.05, 0.1) is 0 Å². The van der Waals surface area contributed by atoms with Gasteiger partial charge in [-0.25, -0.2) is 26.7 Å². The van der Waals surface area contributed by atoms with Crippen molar-refractivity contribution in [1.82, 2.24) is 0 Å². The van der Waals surface area contributed by atoms with E-state index in [1.54, 1.807) is 0 Å². The van der Waals surface area contributed by atoms with Crippen LogP contribution in [0.4, 0.5) is 22.0 Å². The number of hydrogen-bond donors (Lipinski definition) is 0. The maximum absolute atomic E-state index is 13.2. The monoisotopic (exact) mass is 278 g/mol. The standard InChI is InChI=1S/C12H7F5O2/c1-3-4-5(2)19-12(18)6-7(13)9(15)11(17)10(16)8(6)14/h5H,1-2H3. The first-order valence-electron chi connectivity index (χ1n) is 4.95. The summed E-state index contributed by atoms with van der Waals surface area (Å²) in [5, 5.41) is 0. The molecular formula is C12H7F5O2. The molecule has 0 aliphatic rings. The van der Waals surface area contributed by atoms with Crippen molar-refractivity contribution < 1.29 is 31.5 Å². The summed E-state index contributed by atoms with van der Waals surface area (Å²) < 4.78 is 69.3. The zero-order valence-corrected chi connectivity index (χ0v) is 9.78. The van der Waals surface area contributed by atoms with Crippen LogP contribution in [0.25, 0.3) is 0 Å². The molecule has 1 atom stereocenters. The number of ether oxygens (including phenoxy) is 1. The van der Waals surface area contributed by atoms with Gasteiger partial charge in [-0.2, -0.15) is 0 Å². The minimum atomic E-state index is -2.34. The molecule has 2 nitrogen and oxygen atoms in total. The number of hydrogen-bond acceptors (Lipinski definition) is 2. The molecule has 1 aromatic carbocycles. The van der Waals surface area contributed by atoms with Crippen molar-refractivity contribution in [2.24, 2.45) is 0 Å². The van der Waals surface area contributed by atoms with Gasteiger partial charge in [0.2, 0.25) is 5.82 Å². The van der Waals surface area contributed by atoms with Gasteiger partial charge < -0.3 is 4.74 Å². The molecule has 1 rings (SSSR count). The van der Waals surface area contributed by atoms with Crippen molar-refractivity contribution in [3.63, 3.8) is 0 Å². The van der Waals surface area contributed by atoms with Crippen LogP contribution in [0.5, 0.6) is 0 Å². The highest BCUT2D eigenvalue weighted by atomic mass is 19.2. The van der Waals surface area contributed by atoms with Gasteiger partial charge in [0.1, 0.15) is 5.56 Å². The van der Waals surface area contributed by atoms with Crippen molar-refractivity contribution in [1.29, 1.82) is 0 Å². The smallest absolute Gasteiger partial charge is 0.345 e. The van der Waals surface area contributed by atoms with Crippen LogP contribution >= 0.6 is 0 Å². The lowest BCUT2D eigenvalue weighted by Gasteiger charge is -2.10. The molecule has 0 N–H and O–H groups in total. The number of esters is 1. The molecule has 1 aromatic rings. The Bertz CT molecular complexity index is 557. The zero-order chi connectivity index (χ0) is 14.7. The number of carbonyl (C=O) groups is 1. The molecule has 102 valence electrons. The third-order valence-electron chi connectivity index (χ3n) is 2.05. The molecule has 0 heterocycles. The van der Waals surface area contributed by atoms with Gasteiger partial charge in [0, 0.05) is 0 Å². The quantitative estimate of drug-likeness (QED) is 0.273. The highest BCUT2D eigenvalue weighted by molar-refractivity contribution is 5.90. The van der Waals surface area contributed by atoms with Gasteiger partial charge >= 0.3 is 5.97 Å². The molecule has 0 aliphatic heterocycles. The number of benzene rings is 1. The van der Waals surface area contributed by atoms with Crippen LogP contribution in [0.2, 0.25) is 0 Å². The lowest BCUT2D eigenvalue weighted by molar-refractivity contribution is 0.0424. The summed E-state index contributed by atoms with van der Waals surface area (Å²) in [7, 11) is 0. The lowest BCUT2D eigenvalue weighted by atomic mass is 10.1. The van der Waals surface area contributed by atoms with E-state index in [2.05, 4.69) is 16.6 Å². The van der Waals surface area contributed by atoms with Gasteiger partial charge in [0.15, 0.2) is 29.4 Å². The normalized spacial score (nSPS) is 11.5. The van der Waals surface area contributed by atoms with E-state index in [4.69, 9.17) is 0 Å². The van der Waals surface area contributed by atoms with E-state index in [0.717, 1.165) is 0 Å². The number of carbonyl (C=O) groups excluding carboxylic acids is 1. The fourth-order valence-corrected chi connectivity index (χ4v) is 1.24. The second-order valence-corrected chi connectivity index (χ2v) is 3.39. The zero-order valence-electron chi connectivity index (χ0n) is 9.78. The Hall–Kier alpha value is -2.10. The van der Waals surface area contributed by atoms with Crippen molar-refractivity contribution in [3.8, 4) is 11.8 Å². The van der Waals surface area contributed by atoms with Crippen LogP contribution in [0.1, 0.15) is 24.2 Å². The molecule has 0 radical (unpaired) electrons. The highest BCUT2D eigenvalue weighted by Gasteiger charge is 2.31. The van der Waals surface area contributed by atoms with Crippen LogP contribution in [-0.2, 0) is 4.74 Å².